The largest absolute Gasteiger partial charge is 0.359 e. The second-order valence-electron chi connectivity index (χ2n) is 8.54. The van der Waals surface area contributed by atoms with Crippen molar-refractivity contribution in [1.29, 1.82) is 0 Å². The minimum absolute atomic E-state index is 0.00823. The molecule has 1 N–H and O–H groups in total. The number of rotatable bonds is 2. The molecule has 1 aromatic heterocycles. The molecule has 6 heteroatoms. The standard InChI is InChI=1S/C23H23ClFN3O/c1-23-12-27(3)11-17-16-10-14(24)6-9-18(16)28(21(17)23)20(19(23)22(29)26-2)13-4-7-15(25)8-5-13/h4-10,19-20H,11-12H2,1-3H3,(H,26,29). The Morgan fingerprint density at radius 2 is 1.97 bits per heavy atom. The predicted octanol–water partition coefficient (Wildman–Crippen LogP) is 4.10. The Kier molecular flexibility index (Phi) is 4.06. The van der Waals surface area contributed by atoms with Crippen molar-refractivity contribution in [3.8, 4) is 0 Å². The lowest BCUT2D eigenvalue weighted by Crippen LogP contribution is -2.49. The molecule has 0 saturated heterocycles. The number of halogens is 2. The summed E-state index contributed by atoms with van der Waals surface area (Å²) < 4.78 is 16.0. The van der Waals surface area contributed by atoms with Crippen molar-refractivity contribution in [3.05, 3.63) is 70.1 Å². The molecular weight excluding hydrogens is 389 g/mol. The maximum Gasteiger partial charge on any atom is 0.226 e. The summed E-state index contributed by atoms with van der Waals surface area (Å²) in [6.45, 7) is 3.77. The molecule has 2 aliphatic rings. The average Bonchev–Trinajstić information content (AvgIpc) is 3.14. The molecular formula is C23H23ClFN3O. The molecule has 2 aliphatic heterocycles. The molecule has 4 nitrogen and oxygen atoms in total. The Labute approximate surface area is 174 Å². The number of benzene rings is 2. The molecule has 1 amide bonds. The van der Waals surface area contributed by atoms with Gasteiger partial charge in [-0.3, -0.25) is 4.79 Å². The number of fused-ring (bicyclic) bond motifs is 3. The monoisotopic (exact) mass is 411 g/mol. The summed E-state index contributed by atoms with van der Waals surface area (Å²) in [5.41, 5.74) is 4.08. The number of hydrogen-bond donors (Lipinski definition) is 1. The summed E-state index contributed by atoms with van der Waals surface area (Å²) in [4.78, 5) is 15.5. The van der Waals surface area contributed by atoms with Crippen LogP contribution in [-0.4, -0.2) is 36.0 Å². The molecule has 29 heavy (non-hydrogen) atoms. The maximum absolute atomic E-state index is 13.7. The van der Waals surface area contributed by atoms with Crippen LogP contribution in [0.2, 0.25) is 5.02 Å². The van der Waals surface area contributed by atoms with Crippen molar-refractivity contribution >= 4 is 28.4 Å². The van der Waals surface area contributed by atoms with Crippen LogP contribution in [0.4, 0.5) is 4.39 Å². The van der Waals surface area contributed by atoms with E-state index in [2.05, 4.69) is 28.8 Å². The first kappa shape index (κ1) is 18.6. The number of amides is 1. The van der Waals surface area contributed by atoms with Gasteiger partial charge in [-0.2, -0.15) is 0 Å². The van der Waals surface area contributed by atoms with E-state index in [1.54, 1.807) is 19.2 Å². The molecule has 0 saturated carbocycles. The first-order chi connectivity index (χ1) is 13.8. The van der Waals surface area contributed by atoms with Gasteiger partial charge in [-0.1, -0.05) is 30.7 Å². The van der Waals surface area contributed by atoms with Crippen LogP contribution in [-0.2, 0) is 16.8 Å². The quantitative estimate of drug-likeness (QED) is 0.689. The summed E-state index contributed by atoms with van der Waals surface area (Å²) in [6, 6.07) is 12.3. The van der Waals surface area contributed by atoms with Crippen molar-refractivity contribution in [2.24, 2.45) is 5.92 Å². The van der Waals surface area contributed by atoms with Crippen LogP contribution in [0, 0.1) is 11.7 Å². The highest BCUT2D eigenvalue weighted by atomic mass is 35.5. The number of carbonyl (C=O) groups excluding carboxylic acids is 1. The molecule has 2 aromatic carbocycles. The van der Waals surface area contributed by atoms with Crippen molar-refractivity contribution in [2.75, 3.05) is 20.6 Å². The Bertz CT molecular complexity index is 1140. The number of aromatic nitrogens is 1. The van der Waals surface area contributed by atoms with Crippen LogP contribution in [0.5, 0.6) is 0 Å². The van der Waals surface area contributed by atoms with E-state index >= 15 is 0 Å². The maximum atomic E-state index is 13.7. The highest BCUT2D eigenvalue weighted by Gasteiger charge is 2.57. The fourth-order valence-corrected chi connectivity index (χ4v) is 5.89. The van der Waals surface area contributed by atoms with Gasteiger partial charge in [0.15, 0.2) is 0 Å². The Morgan fingerprint density at radius 1 is 1.24 bits per heavy atom. The lowest BCUT2D eigenvalue weighted by Gasteiger charge is -2.40. The fourth-order valence-electron chi connectivity index (χ4n) is 5.72. The van der Waals surface area contributed by atoms with Crippen molar-refractivity contribution in [2.45, 2.75) is 24.9 Å². The minimum atomic E-state index is -0.368. The molecule has 0 bridgehead atoms. The lowest BCUT2D eigenvalue weighted by molar-refractivity contribution is -0.127. The second-order valence-corrected chi connectivity index (χ2v) is 8.97. The molecule has 0 aliphatic carbocycles. The van der Waals surface area contributed by atoms with E-state index in [1.165, 1.54) is 23.4 Å². The SMILES string of the molecule is CNC(=O)C1C(c2ccc(F)cc2)n2c3c(c4cc(Cl)ccc42)CN(C)CC31C. The van der Waals surface area contributed by atoms with E-state index in [-0.39, 0.29) is 29.1 Å². The van der Waals surface area contributed by atoms with E-state index in [0.717, 1.165) is 29.6 Å². The molecule has 150 valence electrons. The molecule has 5 rings (SSSR count). The number of nitrogens with zero attached hydrogens (tertiary/aromatic N) is 2. The highest BCUT2D eigenvalue weighted by molar-refractivity contribution is 6.31. The highest BCUT2D eigenvalue weighted by Crippen LogP contribution is 2.55. The van der Waals surface area contributed by atoms with Crippen LogP contribution in [0.3, 0.4) is 0 Å². The first-order valence-corrected chi connectivity index (χ1v) is 10.2. The van der Waals surface area contributed by atoms with E-state index in [0.29, 0.717) is 5.02 Å². The van der Waals surface area contributed by atoms with Crippen molar-refractivity contribution < 1.29 is 9.18 Å². The predicted molar refractivity (Wildman–Crippen MR) is 113 cm³/mol. The van der Waals surface area contributed by atoms with Gasteiger partial charge in [-0.15, -0.1) is 0 Å². The smallest absolute Gasteiger partial charge is 0.226 e. The number of hydrogen-bond acceptors (Lipinski definition) is 2. The molecule has 0 radical (unpaired) electrons. The molecule has 3 aromatic rings. The van der Waals surface area contributed by atoms with Crippen molar-refractivity contribution in [3.63, 3.8) is 0 Å². The van der Waals surface area contributed by atoms with E-state index in [9.17, 15) is 9.18 Å². The van der Waals surface area contributed by atoms with E-state index in [4.69, 9.17) is 11.6 Å². The van der Waals surface area contributed by atoms with Crippen LogP contribution in [0.1, 0.15) is 29.8 Å². The molecule has 3 atom stereocenters. The zero-order valence-corrected chi connectivity index (χ0v) is 17.4. The summed E-state index contributed by atoms with van der Waals surface area (Å²) in [5, 5.41) is 4.72. The van der Waals surface area contributed by atoms with Gasteiger partial charge in [-0.05, 0) is 48.5 Å². The van der Waals surface area contributed by atoms with Crippen molar-refractivity contribution in [1.82, 2.24) is 14.8 Å². The fraction of sp³-hybridized carbons (Fsp3) is 0.348. The van der Waals surface area contributed by atoms with Crippen LogP contribution < -0.4 is 5.32 Å². The molecule has 3 unspecified atom stereocenters. The van der Waals surface area contributed by atoms with Gasteiger partial charge in [0.1, 0.15) is 5.82 Å². The van der Waals surface area contributed by atoms with E-state index in [1.807, 2.05) is 18.2 Å². The zero-order valence-electron chi connectivity index (χ0n) is 16.7. The summed E-state index contributed by atoms with van der Waals surface area (Å²) in [5.74, 6) is -0.566. The molecule has 0 spiro atoms. The third-order valence-corrected chi connectivity index (χ3v) is 6.89. The van der Waals surface area contributed by atoms with Crippen LogP contribution in [0.25, 0.3) is 10.9 Å². The van der Waals surface area contributed by atoms with Gasteiger partial charge < -0.3 is 14.8 Å². The Hall–Kier alpha value is -2.37. The number of nitrogens with one attached hydrogen (secondary N) is 1. The first-order valence-electron chi connectivity index (χ1n) is 9.83. The molecule has 3 heterocycles. The van der Waals surface area contributed by atoms with Crippen LogP contribution in [0.15, 0.2) is 42.5 Å². The third-order valence-electron chi connectivity index (χ3n) is 6.66. The topological polar surface area (TPSA) is 37.3 Å². The number of likely N-dealkylation sites (N-methyl/N-ethyl adjacent to an activating group) is 1. The van der Waals surface area contributed by atoms with Gasteiger partial charge in [0.2, 0.25) is 5.91 Å². The van der Waals surface area contributed by atoms with E-state index < -0.39 is 0 Å². The summed E-state index contributed by atoms with van der Waals surface area (Å²) in [7, 11) is 3.78. The summed E-state index contributed by atoms with van der Waals surface area (Å²) in [6.07, 6.45) is 0. The van der Waals surface area contributed by atoms with Gasteiger partial charge in [0, 0.05) is 47.2 Å². The average molecular weight is 412 g/mol. The third kappa shape index (κ3) is 2.50. The minimum Gasteiger partial charge on any atom is -0.359 e. The lowest BCUT2D eigenvalue weighted by atomic mass is 9.69. The van der Waals surface area contributed by atoms with Crippen LogP contribution >= 0.6 is 11.6 Å². The zero-order chi connectivity index (χ0) is 20.5. The van der Waals surface area contributed by atoms with Gasteiger partial charge in [0.25, 0.3) is 0 Å². The van der Waals surface area contributed by atoms with Gasteiger partial charge in [0.05, 0.1) is 12.0 Å². The molecule has 0 fully saturated rings. The Morgan fingerprint density at radius 3 is 2.66 bits per heavy atom. The van der Waals surface area contributed by atoms with Gasteiger partial charge >= 0.3 is 0 Å². The second kappa shape index (κ2) is 6.31. The Balaban J connectivity index is 1.87. The van der Waals surface area contributed by atoms with Gasteiger partial charge in [-0.25, -0.2) is 4.39 Å². The number of carbonyl (C=O) groups is 1. The summed E-state index contributed by atoms with van der Waals surface area (Å²) >= 11 is 6.34. The normalized spacial score (nSPS) is 26.0.